The normalized spacial score (nSPS) is 18.3. The van der Waals surface area contributed by atoms with E-state index < -0.39 is 6.10 Å². The van der Waals surface area contributed by atoms with Gasteiger partial charge in [-0.15, -0.1) is 11.3 Å². The minimum Gasteiger partial charge on any atom is -0.497 e. The third kappa shape index (κ3) is 3.02. The van der Waals surface area contributed by atoms with Crippen LogP contribution in [0.15, 0.2) is 41.9 Å². The van der Waals surface area contributed by atoms with Crippen molar-refractivity contribution in [3.8, 4) is 5.75 Å². The molecule has 1 N–H and O–H groups in total. The third-order valence-corrected chi connectivity index (χ3v) is 5.45. The molecule has 0 spiro atoms. The first-order valence-corrected chi connectivity index (χ1v) is 9.00. The van der Waals surface area contributed by atoms with E-state index in [0.29, 0.717) is 6.54 Å². The van der Waals surface area contributed by atoms with Crippen LogP contribution in [0.2, 0.25) is 0 Å². The van der Waals surface area contributed by atoms with E-state index in [1.807, 2.05) is 23.7 Å². The van der Waals surface area contributed by atoms with Gasteiger partial charge in [-0.1, -0.05) is 12.1 Å². The first-order chi connectivity index (χ1) is 11.7. The lowest BCUT2D eigenvalue weighted by Crippen LogP contribution is -2.27. The van der Waals surface area contributed by atoms with E-state index in [4.69, 9.17) is 4.74 Å². The Morgan fingerprint density at radius 3 is 3.08 bits per heavy atom. The second-order valence-corrected chi connectivity index (χ2v) is 7.11. The predicted octanol–water partition coefficient (Wildman–Crippen LogP) is 3.40. The Bertz CT molecular complexity index is 861. The molecule has 3 aromatic rings. The number of β-amino-alcohol motifs (C(OH)–C–C–N with tert-alkyl or cyclic N) is 1. The number of methoxy groups -OCH3 is 1. The lowest BCUT2D eigenvalue weighted by Gasteiger charge is -2.22. The predicted molar refractivity (Wildman–Crippen MR) is 96.6 cm³/mol. The van der Waals surface area contributed by atoms with Crippen molar-refractivity contribution >= 4 is 21.6 Å². The van der Waals surface area contributed by atoms with Crippen molar-refractivity contribution in [1.82, 2.24) is 9.88 Å². The van der Waals surface area contributed by atoms with Crippen molar-refractivity contribution in [2.24, 2.45) is 0 Å². The number of thiazole rings is 1. The van der Waals surface area contributed by atoms with Crippen LogP contribution >= 0.6 is 11.3 Å². The molecule has 2 heterocycles. The van der Waals surface area contributed by atoms with Crippen LogP contribution in [0.3, 0.4) is 0 Å². The molecule has 0 aliphatic carbocycles. The first-order valence-electron chi connectivity index (χ1n) is 8.12. The molecular weight excluding hydrogens is 320 g/mol. The van der Waals surface area contributed by atoms with Gasteiger partial charge in [0, 0.05) is 19.6 Å². The number of aliphatic hydroxyl groups excluding tert-OH is 1. The van der Waals surface area contributed by atoms with Crippen molar-refractivity contribution in [3.05, 3.63) is 58.6 Å². The van der Waals surface area contributed by atoms with Crippen LogP contribution in [0, 0.1) is 0 Å². The zero-order valence-electron chi connectivity index (χ0n) is 13.6. The summed E-state index contributed by atoms with van der Waals surface area (Å²) in [6.45, 7) is 2.40. The molecule has 0 saturated heterocycles. The minimum atomic E-state index is -0.462. The van der Waals surface area contributed by atoms with E-state index in [-0.39, 0.29) is 0 Å². The van der Waals surface area contributed by atoms with Crippen LogP contribution < -0.4 is 4.74 Å². The second-order valence-electron chi connectivity index (χ2n) is 6.22. The summed E-state index contributed by atoms with van der Waals surface area (Å²) in [5, 5.41) is 10.6. The first kappa shape index (κ1) is 15.6. The second kappa shape index (κ2) is 6.51. The maximum absolute atomic E-state index is 10.6. The molecule has 1 aliphatic rings. The molecule has 0 saturated carbocycles. The lowest BCUT2D eigenvalue weighted by molar-refractivity contribution is 0.116. The van der Waals surface area contributed by atoms with Crippen LogP contribution in [-0.2, 0) is 13.0 Å². The van der Waals surface area contributed by atoms with Crippen molar-refractivity contribution in [3.63, 3.8) is 0 Å². The minimum absolute atomic E-state index is 0.462. The molecule has 5 heteroatoms. The number of ether oxygens (including phenoxy) is 1. The molecule has 0 amide bonds. The van der Waals surface area contributed by atoms with Gasteiger partial charge in [0.15, 0.2) is 0 Å². The lowest BCUT2D eigenvalue weighted by atomic mass is 10.0. The molecule has 1 atom stereocenters. The molecule has 0 radical (unpaired) electrons. The summed E-state index contributed by atoms with van der Waals surface area (Å²) < 4.78 is 6.53. The average Bonchev–Trinajstić information content (AvgIpc) is 3.00. The fourth-order valence-corrected chi connectivity index (χ4v) is 4.03. The monoisotopic (exact) mass is 340 g/mol. The highest BCUT2D eigenvalue weighted by Crippen LogP contribution is 2.28. The van der Waals surface area contributed by atoms with Crippen molar-refractivity contribution in [2.75, 3.05) is 20.2 Å². The highest BCUT2D eigenvalue weighted by molar-refractivity contribution is 7.16. The van der Waals surface area contributed by atoms with Gasteiger partial charge in [0.25, 0.3) is 0 Å². The van der Waals surface area contributed by atoms with Crippen LogP contribution in [0.5, 0.6) is 5.75 Å². The fourth-order valence-electron chi connectivity index (χ4n) is 3.37. The van der Waals surface area contributed by atoms with E-state index in [2.05, 4.69) is 28.1 Å². The van der Waals surface area contributed by atoms with Gasteiger partial charge in [-0.05, 0) is 47.4 Å². The Labute approximate surface area is 145 Å². The summed E-state index contributed by atoms with van der Waals surface area (Å²) >= 11 is 1.66. The number of benzene rings is 2. The molecule has 0 fully saturated rings. The molecule has 4 rings (SSSR count). The largest absolute Gasteiger partial charge is 0.497 e. The quantitative estimate of drug-likeness (QED) is 0.794. The van der Waals surface area contributed by atoms with Gasteiger partial charge in [-0.3, -0.25) is 4.90 Å². The molecule has 124 valence electrons. The van der Waals surface area contributed by atoms with Crippen LogP contribution in [-0.4, -0.2) is 35.2 Å². The number of hydrogen-bond donors (Lipinski definition) is 1. The Morgan fingerprint density at radius 1 is 1.29 bits per heavy atom. The van der Waals surface area contributed by atoms with Crippen molar-refractivity contribution in [1.29, 1.82) is 0 Å². The van der Waals surface area contributed by atoms with E-state index in [1.54, 1.807) is 18.4 Å². The molecule has 4 nitrogen and oxygen atoms in total. The van der Waals surface area contributed by atoms with E-state index >= 15 is 0 Å². The Balaban J connectivity index is 1.53. The maximum Gasteiger partial charge on any atom is 0.119 e. The van der Waals surface area contributed by atoms with Crippen LogP contribution in [0.1, 0.15) is 22.8 Å². The van der Waals surface area contributed by atoms with Gasteiger partial charge in [0.1, 0.15) is 5.75 Å². The smallest absolute Gasteiger partial charge is 0.119 e. The summed E-state index contributed by atoms with van der Waals surface area (Å²) in [5.41, 5.74) is 6.38. The van der Waals surface area contributed by atoms with E-state index in [0.717, 1.165) is 36.3 Å². The van der Waals surface area contributed by atoms with Gasteiger partial charge >= 0.3 is 0 Å². The molecule has 24 heavy (non-hydrogen) atoms. The average molecular weight is 340 g/mol. The van der Waals surface area contributed by atoms with E-state index in [9.17, 15) is 5.11 Å². The summed E-state index contributed by atoms with van der Waals surface area (Å²) in [6.07, 6.45) is 0.458. The highest BCUT2D eigenvalue weighted by Gasteiger charge is 2.21. The number of aliphatic hydroxyl groups is 1. The zero-order chi connectivity index (χ0) is 16.5. The molecule has 2 aromatic carbocycles. The molecular formula is C19H20N2O2S. The summed E-state index contributed by atoms with van der Waals surface area (Å²) in [6, 6.07) is 12.4. The third-order valence-electron chi connectivity index (χ3n) is 4.64. The molecule has 1 aliphatic heterocycles. The van der Waals surface area contributed by atoms with E-state index in [1.165, 1.54) is 15.8 Å². The zero-order valence-corrected chi connectivity index (χ0v) is 14.4. The number of rotatable bonds is 3. The summed E-state index contributed by atoms with van der Waals surface area (Å²) in [4.78, 5) is 6.70. The van der Waals surface area contributed by atoms with Gasteiger partial charge in [-0.25, -0.2) is 4.98 Å². The van der Waals surface area contributed by atoms with Gasteiger partial charge in [0.05, 0.1) is 28.9 Å². The van der Waals surface area contributed by atoms with Crippen LogP contribution in [0.25, 0.3) is 10.2 Å². The Morgan fingerprint density at radius 2 is 2.21 bits per heavy atom. The molecule has 0 unspecified atom stereocenters. The topological polar surface area (TPSA) is 45.6 Å². The SMILES string of the molecule is COc1ccc2c(c1)CCN(Cc1ccc3scnc3c1)C[C@H]2O. The van der Waals surface area contributed by atoms with Crippen LogP contribution in [0.4, 0.5) is 0 Å². The Hall–Kier alpha value is -1.95. The Kier molecular flexibility index (Phi) is 4.22. The number of hydrogen-bond acceptors (Lipinski definition) is 5. The number of fused-ring (bicyclic) bond motifs is 2. The highest BCUT2D eigenvalue weighted by atomic mass is 32.1. The fraction of sp³-hybridized carbons (Fsp3) is 0.316. The van der Waals surface area contributed by atoms with Gasteiger partial charge in [0.2, 0.25) is 0 Å². The maximum atomic E-state index is 10.6. The standard InChI is InChI=1S/C19H20N2O2S/c1-23-15-3-4-16-14(9-15)6-7-21(11-18(16)22)10-13-2-5-19-17(8-13)20-12-24-19/h2-5,8-9,12,18,22H,6-7,10-11H2,1H3/t18-/m1/s1. The molecule has 0 bridgehead atoms. The van der Waals surface area contributed by atoms with Gasteiger partial charge < -0.3 is 9.84 Å². The number of nitrogens with zero attached hydrogens (tertiary/aromatic N) is 2. The van der Waals surface area contributed by atoms with Gasteiger partial charge in [-0.2, -0.15) is 0 Å². The summed E-state index contributed by atoms with van der Waals surface area (Å²) in [5.74, 6) is 0.850. The van der Waals surface area contributed by atoms with Crippen molar-refractivity contribution in [2.45, 2.75) is 19.1 Å². The summed E-state index contributed by atoms with van der Waals surface area (Å²) in [7, 11) is 1.68. The van der Waals surface area contributed by atoms with Crippen molar-refractivity contribution < 1.29 is 9.84 Å². The molecule has 1 aromatic heterocycles. The number of aromatic nitrogens is 1.